The summed E-state index contributed by atoms with van der Waals surface area (Å²) in [5.74, 6) is -24.2. The lowest BCUT2D eigenvalue weighted by Gasteiger charge is -2.50. The molecule has 2 heterocycles. The minimum absolute atomic E-state index is 0.0639. The molecule has 2 saturated heterocycles. The van der Waals surface area contributed by atoms with E-state index < -0.39 is 110 Å². The van der Waals surface area contributed by atoms with Gasteiger partial charge in [0.05, 0.1) is 18.9 Å². The van der Waals surface area contributed by atoms with Crippen LogP contribution in [0.25, 0.3) is 0 Å². The number of methoxy groups -OCH3 is 1. The number of alkyl halides is 2. The molecule has 6 atom stereocenters. The summed E-state index contributed by atoms with van der Waals surface area (Å²) in [6, 6.07) is 3.98. The third-order valence-electron chi connectivity index (χ3n) is 9.65. The standard InChI is InChI=1S/C31H23Cl2F5N2O8/c1-48-15-5-2-4-13(25(15)43)18-11-7-8-12-17(27(45)39(26(12)44)9-3-6-16(41)42)14(11)10-30(32)28(46)40(29(47)31(18,30)33)24-22(37)20(35)19(34)21(36)23(24)38/h2,4-5,7,12,14,17-18,43H,3,6,8-10H2,1H3,(H,41,42)/t12-,14+,17-,18+,30+,31-/m0/s1. The monoisotopic (exact) mass is 716 g/mol. The highest BCUT2D eigenvalue weighted by Gasteiger charge is 2.77. The number of para-hydroxylation sites is 1. The van der Waals surface area contributed by atoms with E-state index in [1.54, 1.807) is 0 Å². The summed E-state index contributed by atoms with van der Waals surface area (Å²) < 4.78 is 78.1. The normalized spacial score (nSPS) is 29.5. The molecule has 2 aliphatic carbocycles. The van der Waals surface area contributed by atoms with Gasteiger partial charge in [-0.2, -0.15) is 0 Å². The first-order chi connectivity index (χ1) is 22.5. The number of carbonyl (C=O) groups is 5. The van der Waals surface area contributed by atoms with E-state index in [9.17, 15) is 42.3 Å². The Morgan fingerprint density at radius 2 is 1.58 bits per heavy atom. The van der Waals surface area contributed by atoms with Crippen molar-refractivity contribution >= 4 is 58.5 Å². The Morgan fingerprint density at radius 3 is 2.19 bits per heavy atom. The molecule has 10 nitrogen and oxygen atoms in total. The number of phenolic OH excluding ortho intramolecular Hbond substituents is 1. The maximum atomic E-state index is 15.1. The molecule has 0 aromatic heterocycles. The number of phenols is 1. The molecule has 1 saturated carbocycles. The second kappa shape index (κ2) is 11.4. The van der Waals surface area contributed by atoms with Gasteiger partial charge in [0.25, 0.3) is 11.8 Å². The van der Waals surface area contributed by atoms with Gasteiger partial charge < -0.3 is 14.9 Å². The molecule has 4 amide bonds. The molecule has 2 N–H and O–H groups in total. The molecule has 3 fully saturated rings. The number of halogens is 7. The van der Waals surface area contributed by atoms with Crippen molar-refractivity contribution in [2.24, 2.45) is 17.8 Å². The molecule has 254 valence electrons. The second-order valence-electron chi connectivity index (χ2n) is 11.9. The smallest absolute Gasteiger partial charge is 0.303 e. The van der Waals surface area contributed by atoms with Crippen LogP contribution in [0.2, 0.25) is 0 Å². The van der Waals surface area contributed by atoms with Crippen LogP contribution in [-0.2, 0) is 24.0 Å². The first-order valence-electron chi connectivity index (χ1n) is 14.5. The Bertz CT molecular complexity index is 1850. The van der Waals surface area contributed by atoms with Gasteiger partial charge in [0.15, 0.2) is 44.5 Å². The maximum absolute atomic E-state index is 15.1. The number of rotatable bonds is 7. The molecule has 2 aliphatic heterocycles. The van der Waals surface area contributed by atoms with Crippen molar-refractivity contribution < 1.29 is 60.9 Å². The van der Waals surface area contributed by atoms with E-state index in [2.05, 4.69) is 0 Å². The van der Waals surface area contributed by atoms with Crippen LogP contribution in [0.3, 0.4) is 0 Å². The summed E-state index contributed by atoms with van der Waals surface area (Å²) in [7, 11) is 1.20. The largest absolute Gasteiger partial charge is 0.504 e. The van der Waals surface area contributed by atoms with Crippen LogP contribution in [0.4, 0.5) is 27.6 Å². The number of carboxylic acids is 1. The number of allylic oxidation sites excluding steroid dienone is 2. The molecule has 6 rings (SSSR count). The fraction of sp³-hybridized carbons (Fsp3) is 0.387. The molecule has 0 radical (unpaired) electrons. The molecule has 2 aromatic rings. The van der Waals surface area contributed by atoms with Crippen LogP contribution in [0.5, 0.6) is 11.5 Å². The molecule has 0 spiro atoms. The minimum atomic E-state index is -2.81. The van der Waals surface area contributed by atoms with E-state index in [0.29, 0.717) is 0 Å². The summed E-state index contributed by atoms with van der Waals surface area (Å²) in [5.41, 5.74) is -1.98. The van der Waals surface area contributed by atoms with Crippen molar-refractivity contribution in [3.05, 3.63) is 64.5 Å². The SMILES string of the molecule is COc1cccc([C@H]2C3=CC[C@@H]4C(=O)N(CCCC(=O)O)C(=O)[C@@H]4[C@@H]3C[C@@]3(Cl)C(=O)N(c4c(F)c(F)c(F)c(F)c4F)C(=O)[C@@]23Cl)c1O. The van der Waals surface area contributed by atoms with Crippen molar-refractivity contribution in [3.63, 3.8) is 0 Å². The summed E-state index contributed by atoms with van der Waals surface area (Å²) >= 11 is 14.1. The van der Waals surface area contributed by atoms with Gasteiger partial charge in [-0.3, -0.25) is 28.9 Å². The van der Waals surface area contributed by atoms with Crippen molar-refractivity contribution in [1.82, 2.24) is 4.90 Å². The fourth-order valence-electron chi connectivity index (χ4n) is 7.52. The van der Waals surface area contributed by atoms with Crippen LogP contribution in [0.1, 0.15) is 37.2 Å². The quantitative estimate of drug-likeness (QED) is 0.106. The number of amides is 4. The average molecular weight is 717 g/mol. The summed E-state index contributed by atoms with van der Waals surface area (Å²) in [5, 5.41) is 20.3. The highest BCUT2D eigenvalue weighted by Crippen LogP contribution is 2.67. The number of carboxylic acid groups (broad SMARTS) is 1. The highest BCUT2D eigenvalue weighted by molar-refractivity contribution is 6.58. The number of aromatic hydroxyl groups is 1. The number of likely N-dealkylation sites (tertiary alicyclic amines) is 1. The predicted octanol–water partition coefficient (Wildman–Crippen LogP) is 4.52. The van der Waals surface area contributed by atoms with Crippen molar-refractivity contribution in [3.8, 4) is 11.5 Å². The Morgan fingerprint density at radius 1 is 0.958 bits per heavy atom. The van der Waals surface area contributed by atoms with E-state index in [4.69, 9.17) is 33.0 Å². The predicted molar refractivity (Wildman–Crippen MR) is 155 cm³/mol. The van der Waals surface area contributed by atoms with Gasteiger partial charge in [-0.15, -0.1) is 23.2 Å². The Balaban J connectivity index is 1.55. The Kier molecular flexibility index (Phi) is 8.02. The van der Waals surface area contributed by atoms with Crippen LogP contribution in [0.15, 0.2) is 29.8 Å². The zero-order valence-corrected chi connectivity index (χ0v) is 26.1. The number of ether oxygens (including phenoxy) is 1. The number of fused-ring (bicyclic) bond motifs is 4. The third-order valence-corrected chi connectivity index (χ3v) is 11.1. The van der Waals surface area contributed by atoms with Crippen LogP contribution in [0, 0.1) is 46.8 Å². The number of carbonyl (C=O) groups excluding carboxylic acids is 4. The molecular formula is C31H23Cl2F5N2O8. The number of nitrogens with zero attached hydrogens (tertiary/aromatic N) is 2. The van der Waals surface area contributed by atoms with Gasteiger partial charge in [-0.05, 0) is 31.2 Å². The Labute approximate surface area is 277 Å². The van der Waals surface area contributed by atoms with Gasteiger partial charge in [0, 0.05) is 24.4 Å². The summed E-state index contributed by atoms with van der Waals surface area (Å²) in [6.07, 6.45) is 0.237. The number of imide groups is 2. The highest BCUT2D eigenvalue weighted by atomic mass is 35.5. The number of anilines is 1. The van der Waals surface area contributed by atoms with Gasteiger partial charge >= 0.3 is 5.97 Å². The van der Waals surface area contributed by atoms with Gasteiger partial charge in [0.2, 0.25) is 17.6 Å². The van der Waals surface area contributed by atoms with Gasteiger partial charge in [0.1, 0.15) is 5.69 Å². The summed E-state index contributed by atoms with van der Waals surface area (Å²) in [4.78, 5) is 61.7. The number of hydrogen-bond acceptors (Lipinski definition) is 7. The molecule has 48 heavy (non-hydrogen) atoms. The lowest BCUT2D eigenvalue weighted by molar-refractivity contribution is -0.142. The van der Waals surface area contributed by atoms with E-state index in [0.717, 1.165) is 4.90 Å². The zero-order valence-electron chi connectivity index (χ0n) is 24.5. The topological polar surface area (TPSA) is 142 Å². The van der Waals surface area contributed by atoms with E-state index >= 15 is 8.78 Å². The lowest BCUT2D eigenvalue weighted by atomic mass is 9.56. The third kappa shape index (κ3) is 4.32. The number of aliphatic carboxylic acids is 1. The molecule has 0 bridgehead atoms. The molecule has 0 unspecified atom stereocenters. The van der Waals surface area contributed by atoms with Gasteiger partial charge in [-0.25, -0.2) is 26.9 Å². The zero-order chi connectivity index (χ0) is 35.2. The van der Waals surface area contributed by atoms with E-state index in [-0.39, 0.29) is 47.6 Å². The number of hydrogen-bond donors (Lipinski definition) is 2. The molecule has 4 aliphatic rings. The molecule has 2 aromatic carbocycles. The van der Waals surface area contributed by atoms with Crippen LogP contribution < -0.4 is 9.64 Å². The van der Waals surface area contributed by atoms with Crippen molar-refractivity contribution in [2.45, 2.75) is 41.3 Å². The van der Waals surface area contributed by atoms with E-state index in [1.807, 2.05) is 0 Å². The molecule has 17 heteroatoms. The maximum Gasteiger partial charge on any atom is 0.303 e. The number of benzene rings is 2. The fourth-order valence-corrected chi connectivity index (χ4v) is 8.45. The minimum Gasteiger partial charge on any atom is -0.504 e. The first kappa shape index (κ1) is 33.7. The lowest BCUT2D eigenvalue weighted by Crippen LogP contribution is -2.60. The van der Waals surface area contributed by atoms with Crippen LogP contribution >= 0.6 is 23.2 Å². The first-order valence-corrected chi connectivity index (χ1v) is 15.2. The Hall–Kier alpha value is -4.24. The van der Waals surface area contributed by atoms with Crippen molar-refractivity contribution in [1.29, 1.82) is 0 Å². The molecular weight excluding hydrogens is 694 g/mol. The van der Waals surface area contributed by atoms with Gasteiger partial charge in [-0.1, -0.05) is 23.8 Å². The average Bonchev–Trinajstić information content (AvgIpc) is 3.37. The van der Waals surface area contributed by atoms with Crippen LogP contribution in [-0.4, -0.2) is 68.1 Å². The summed E-state index contributed by atoms with van der Waals surface area (Å²) in [6.45, 7) is -0.240. The van der Waals surface area contributed by atoms with E-state index in [1.165, 1.54) is 31.4 Å². The second-order valence-corrected chi connectivity index (χ2v) is 13.2. The van der Waals surface area contributed by atoms with Crippen molar-refractivity contribution in [2.75, 3.05) is 18.6 Å².